The first-order chi connectivity index (χ1) is 10.6. The molecular weight excluding hydrogens is 302 g/mol. The highest BCUT2D eigenvalue weighted by molar-refractivity contribution is 7.13. The van der Waals surface area contributed by atoms with Gasteiger partial charge in [-0.05, 0) is 25.1 Å². The van der Waals surface area contributed by atoms with Crippen molar-refractivity contribution in [3.63, 3.8) is 0 Å². The van der Waals surface area contributed by atoms with Gasteiger partial charge in [0.05, 0.1) is 0 Å². The van der Waals surface area contributed by atoms with Crippen LogP contribution in [0.3, 0.4) is 0 Å². The molecule has 116 valence electrons. The van der Waals surface area contributed by atoms with Crippen LogP contribution in [-0.4, -0.2) is 42.2 Å². The minimum absolute atomic E-state index is 0.0248. The molecule has 22 heavy (non-hydrogen) atoms. The van der Waals surface area contributed by atoms with Gasteiger partial charge in [0.15, 0.2) is 11.5 Å². The molecule has 2 heterocycles. The third kappa shape index (κ3) is 2.65. The van der Waals surface area contributed by atoms with Gasteiger partial charge in [-0.15, -0.1) is 11.3 Å². The molecule has 0 spiro atoms. The zero-order chi connectivity index (χ0) is 15.7. The Bertz CT molecular complexity index is 701. The molecule has 1 aliphatic heterocycles. The lowest BCUT2D eigenvalue weighted by Crippen LogP contribution is -2.39. The maximum Gasteiger partial charge on any atom is 0.273 e. The maximum absolute atomic E-state index is 12.3. The summed E-state index contributed by atoms with van der Waals surface area (Å²) < 4.78 is 10.7. The molecule has 0 saturated carbocycles. The molecule has 7 heteroatoms. The van der Waals surface area contributed by atoms with E-state index >= 15 is 0 Å². The fourth-order valence-corrected chi connectivity index (χ4v) is 2.86. The van der Waals surface area contributed by atoms with Gasteiger partial charge in [-0.3, -0.25) is 4.79 Å². The number of thiazole rings is 1. The van der Waals surface area contributed by atoms with Gasteiger partial charge in [-0.25, -0.2) is 4.98 Å². The van der Waals surface area contributed by atoms with E-state index in [0.717, 1.165) is 16.3 Å². The Kier molecular flexibility index (Phi) is 4.00. The molecule has 1 atom stereocenters. The van der Waals surface area contributed by atoms with Gasteiger partial charge in [0.1, 0.15) is 10.7 Å². The van der Waals surface area contributed by atoms with Crippen molar-refractivity contribution in [1.29, 1.82) is 0 Å². The lowest BCUT2D eigenvalue weighted by molar-refractivity contribution is 0.0743. The minimum Gasteiger partial charge on any atom is -0.454 e. The third-order valence-electron chi connectivity index (χ3n) is 3.67. The first-order valence-corrected chi connectivity index (χ1v) is 7.81. The number of nitrogens with two attached hydrogens (primary N) is 1. The summed E-state index contributed by atoms with van der Waals surface area (Å²) in [6.07, 6.45) is 0. The highest BCUT2D eigenvalue weighted by Gasteiger charge is 2.20. The first kappa shape index (κ1) is 14.8. The zero-order valence-corrected chi connectivity index (χ0v) is 13.2. The normalized spacial score (nSPS) is 14.0. The Morgan fingerprint density at radius 1 is 1.45 bits per heavy atom. The van der Waals surface area contributed by atoms with E-state index in [-0.39, 0.29) is 18.7 Å². The topological polar surface area (TPSA) is 77.7 Å². The molecule has 2 aromatic rings. The zero-order valence-electron chi connectivity index (χ0n) is 12.4. The molecule has 0 radical (unpaired) electrons. The number of rotatable bonds is 4. The van der Waals surface area contributed by atoms with Crippen LogP contribution in [0.1, 0.15) is 17.4 Å². The second kappa shape index (κ2) is 5.94. The standard InChI is InChI=1S/C15H17N3O3S/c1-9(6-16)18(2)15(19)11-7-22-14(17-11)10-3-4-12-13(5-10)21-8-20-12/h3-5,7,9H,6,8,16H2,1-2H3. The molecule has 0 fully saturated rings. The second-order valence-corrected chi connectivity index (χ2v) is 5.96. The number of hydrogen-bond acceptors (Lipinski definition) is 6. The van der Waals surface area contributed by atoms with Crippen molar-refractivity contribution in [3.05, 3.63) is 29.3 Å². The number of ether oxygens (including phenoxy) is 2. The molecule has 1 aliphatic rings. The Balaban J connectivity index is 1.83. The molecule has 0 bridgehead atoms. The number of likely N-dealkylation sites (N-methyl/N-ethyl adjacent to an activating group) is 1. The summed E-state index contributed by atoms with van der Waals surface area (Å²) in [7, 11) is 1.74. The van der Waals surface area contributed by atoms with Crippen LogP contribution >= 0.6 is 11.3 Å². The summed E-state index contributed by atoms with van der Waals surface area (Å²) in [6, 6.07) is 5.61. The summed E-state index contributed by atoms with van der Waals surface area (Å²) in [5.74, 6) is 1.31. The van der Waals surface area contributed by atoms with Gasteiger partial charge in [-0.2, -0.15) is 0 Å². The first-order valence-electron chi connectivity index (χ1n) is 6.93. The fraction of sp³-hybridized carbons (Fsp3) is 0.333. The highest BCUT2D eigenvalue weighted by Crippen LogP contribution is 2.36. The molecule has 1 unspecified atom stereocenters. The number of carbonyl (C=O) groups is 1. The SMILES string of the molecule is CC(CN)N(C)C(=O)c1csc(-c2ccc3c(c2)OCO3)n1. The number of nitrogens with zero attached hydrogens (tertiary/aromatic N) is 2. The molecule has 1 aromatic heterocycles. The Morgan fingerprint density at radius 3 is 3.00 bits per heavy atom. The van der Waals surface area contributed by atoms with E-state index < -0.39 is 0 Å². The Morgan fingerprint density at radius 2 is 2.23 bits per heavy atom. The average Bonchev–Trinajstić information content (AvgIpc) is 3.20. The number of fused-ring (bicyclic) bond motifs is 1. The summed E-state index contributed by atoms with van der Waals surface area (Å²) >= 11 is 1.43. The van der Waals surface area contributed by atoms with Crippen molar-refractivity contribution in [2.45, 2.75) is 13.0 Å². The van der Waals surface area contributed by atoms with Gasteiger partial charge in [-0.1, -0.05) is 0 Å². The van der Waals surface area contributed by atoms with E-state index in [9.17, 15) is 4.79 Å². The van der Waals surface area contributed by atoms with Gasteiger partial charge >= 0.3 is 0 Å². The van der Waals surface area contributed by atoms with Crippen LogP contribution in [0.25, 0.3) is 10.6 Å². The minimum atomic E-state index is -0.124. The predicted octanol–water partition coefficient (Wildman–Crippen LogP) is 1.96. The smallest absolute Gasteiger partial charge is 0.273 e. The average molecular weight is 319 g/mol. The quantitative estimate of drug-likeness (QED) is 0.932. The summed E-state index contributed by atoms with van der Waals surface area (Å²) in [6.45, 7) is 2.56. The van der Waals surface area contributed by atoms with Crippen molar-refractivity contribution in [1.82, 2.24) is 9.88 Å². The van der Waals surface area contributed by atoms with Crippen LogP contribution in [0.4, 0.5) is 0 Å². The third-order valence-corrected chi connectivity index (χ3v) is 4.56. The van der Waals surface area contributed by atoms with Crippen molar-refractivity contribution in [2.75, 3.05) is 20.4 Å². The number of amides is 1. The second-order valence-electron chi connectivity index (χ2n) is 5.11. The number of hydrogen-bond donors (Lipinski definition) is 1. The van der Waals surface area contributed by atoms with Crippen LogP contribution < -0.4 is 15.2 Å². The van der Waals surface area contributed by atoms with E-state index in [4.69, 9.17) is 15.2 Å². The van der Waals surface area contributed by atoms with Crippen LogP contribution in [0.5, 0.6) is 11.5 Å². The molecule has 0 saturated heterocycles. The number of carbonyl (C=O) groups excluding carboxylic acids is 1. The van der Waals surface area contributed by atoms with Gasteiger partial charge < -0.3 is 20.1 Å². The maximum atomic E-state index is 12.3. The van der Waals surface area contributed by atoms with E-state index in [1.54, 1.807) is 17.3 Å². The van der Waals surface area contributed by atoms with Crippen molar-refractivity contribution < 1.29 is 14.3 Å². The largest absolute Gasteiger partial charge is 0.454 e. The molecular formula is C15H17N3O3S. The van der Waals surface area contributed by atoms with Gasteiger partial charge in [0.25, 0.3) is 5.91 Å². The van der Waals surface area contributed by atoms with Gasteiger partial charge in [0.2, 0.25) is 6.79 Å². The summed E-state index contributed by atoms with van der Waals surface area (Å²) in [4.78, 5) is 18.4. The highest BCUT2D eigenvalue weighted by atomic mass is 32.1. The Labute approximate surface area is 132 Å². The molecule has 3 rings (SSSR count). The van der Waals surface area contributed by atoms with E-state index in [2.05, 4.69) is 4.98 Å². The molecule has 0 aliphatic carbocycles. The molecule has 2 N–H and O–H groups in total. The van der Waals surface area contributed by atoms with Crippen LogP contribution in [0.15, 0.2) is 23.6 Å². The monoisotopic (exact) mass is 319 g/mol. The predicted molar refractivity (Wildman–Crippen MR) is 84.3 cm³/mol. The van der Waals surface area contributed by atoms with E-state index in [1.807, 2.05) is 25.1 Å². The van der Waals surface area contributed by atoms with Crippen molar-refractivity contribution >= 4 is 17.2 Å². The molecule has 6 nitrogen and oxygen atoms in total. The lowest BCUT2D eigenvalue weighted by Gasteiger charge is -2.22. The summed E-state index contributed by atoms with van der Waals surface area (Å²) in [5.41, 5.74) is 6.94. The van der Waals surface area contributed by atoms with Crippen LogP contribution in [-0.2, 0) is 0 Å². The van der Waals surface area contributed by atoms with Crippen LogP contribution in [0.2, 0.25) is 0 Å². The van der Waals surface area contributed by atoms with Crippen molar-refractivity contribution in [2.24, 2.45) is 5.73 Å². The lowest BCUT2D eigenvalue weighted by atomic mass is 10.2. The number of aromatic nitrogens is 1. The number of benzene rings is 1. The van der Waals surface area contributed by atoms with E-state index in [0.29, 0.717) is 18.0 Å². The Hall–Kier alpha value is -2.12. The van der Waals surface area contributed by atoms with E-state index in [1.165, 1.54) is 11.3 Å². The fourth-order valence-electron chi connectivity index (χ4n) is 2.07. The molecule has 1 aromatic carbocycles. The summed E-state index contributed by atoms with van der Waals surface area (Å²) in [5, 5.41) is 2.54. The molecule has 1 amide bonds. The van der Waals surface area contributed by atoms with Crippen LogP contribution in [0, 0.1) is 0 Å². The van der Waals surface area contributed by atoms with Gasteiger partial charge in [0, 0.05) is 30.6 Å². The van der Waals surface area contributed by atoms with Crippen molar-refractivity contribution in [3.8, 4) is 22.1 Å².